The van der Waals surface area contributed by atoms with Gasteiger partial charge in [0.15, 0.2) is 0 Å². The van der Waals surface area contributed by atoms with E-state index in [1.807, 2.05) is 13.0 Å². The molecule has 0 bridgehead atoms. The van der Waals surface area contributed by atoms with Crippen LogP contribution in [0.4, 0.5) is 0 Å². The number of hydrogen-bond acceptors (Lipinski definition) is 4. The molecule has 1 unspecified atom stereocenters. The Balaban J connectivity index is 1.80. The molecule has 0 aliphatic carbocycles. The number of aromatic nitrogens is 1. The molecule has 0 saturated heterocycles. The number of hydrogen-bond donors (Lipinski definition) is 1. The van der Waals surface area contributed by atoms with Gasteiger partial charge in [-0.05, 0) is 19.1 Å². The maximum Gasteiger partial charge on any atom is 0.0897 e. The van der Waals surface area contributed by atoms with Crippen LogP contribution in [0.1, 0.15) is 10.7 Å². The number of nitrogens with zero attached hydrogens (tertiary/aromatic N) is 1. The molecule has 2 N–H and O–H groups in total. The van der Waals surface area contributed by atoms with Gasteiger partial charge in [-0.1, -0.05) is 18.2 Å². The normalized spacial score (nSPS) is 12.6. The van der Waals surface area contributed by atoms with E-state index in [1.165, 1.54) is 4.90 Å². The second kappa shape index (κ2) is 6.19. The Labute approximate surface area is 110 Å². The van der Waals surface area contributed by atoms with Crippen molar-refractivity contribution >= 4 is 23.1 Å². The first-order valence-corrected chi connectivity index (χ1v) is 7.45. The zero-order valence-corrected chi connectivity index (χ0v) is 11.4. The number of thioether (sulfide) groups is 1. The van der Waals surface area contributed by atoms with E-state index in [0.29, 0.717) is 0 Å². The Hall–Kier alpha value is -0.840. The summed E-state index contributed by atoms with van der Waals surface area (Å²) in [6.07, 6.45) is 0.865. The van der Waals surface area contributed by atoms with Crippen LogP contribution in [0.15, 0.2) is 40.6 Å². The SMILES string of the molecule is Cc1nc(CC(N)CSc2ccccc2)cs1. The van der Waals surface area contributed by atoms with E-state index < -0.39 is 0 Å². The lowest BCUT2D eigenvalue weighted by atomic mass is 10.2. The topological polar surface area (TPSA) is 38.9 Å². The average molecular weight is 264 g/mol. The van der Waals surface area contributed by atoms with Gasteiger partial charge >= 0.3 is 0 Å². The molecular weight excluding hydrogens is 248 g/mol. The van der Waals surface area contributed by atoms with Gasteiger partial charge in [-0.15, -0.1) is 23.1 Å². The summed E-state index contributed by atoms with van der Waals surface area (Å²) in [4.78, 5) is 5.71. The minimum Gasteiger partial charge on any atom is -0.327 e. The third kappa shape index (κ3) is 4.15. The third-order valence-corrected chi connectivity index (χ3v) is 4.37. The molecule has 0 aliphatic rings. The molecular formula is C13H16N2S2. The van der Waals surface area contributed by atoms with E-state index >= 15 is 0 Å². The smallest absolute Gasteiger partial charge is 0.0897 e. The van der Waals surface area contributed by atoms with E-state index in [1.54, 1.807) is 23.1 Å². The number of nitrogens with two attached hydrogens (primary N) is 1. The molecule has 2 nitrogen and oxygen atoms in total. The highest BCUT2D eigenvalue weighted by atomic mass is 32.2. The minimum absolute atomic E-state index is 0.168. The summed E-state index contributed by atoms with van der Waals surface area (Å²) < 4.78 is 0. The lowest BCUT2D eigenvalue weighted by Crippen LogP contribution is -2.25. The number of benzene rings is 1. The molecule has 0 saturated carbocycles. The van der Waals surface area contributed by atoms with Crippen molar-refractivity contribution in [3.05, 3.63) is 46.4 Å². The van der Waals surface area contributed by atoms with Crippen molar-refractivity contribution in [2.45, 2.75) is 24.3 Å². The second-order valence-corrected chi connectivity index (χ2v) is 6.10. The van der Waals surface area contributed by atoms with Gasteiger partial charge in [0.25, 0.3) is 0 Å². The predicted molar refractivity (Wildman–Crippen MR) is 75.7 cm³/mol. The maximum atomic E-state index is 6.11. The standard InChI is InChI=1S/C13H16N2S2/c1-10-15-12(9-16-10)7-11(14)8-17-13-5-3-2-4-6-13/h2-6,9,11H,7-8,14H2,1H3. The zero-order chi connectivity index (χ0) is 12.1. The van der Waals surface area contributed by atoms with Crippen molar-refractivity contribution in [1.82, 2.24) is 4.98 Å². The van der Waals surface area contributed by atoms with Crippen molar-refractivity contribution in [2.75, 3.05) is 5.75 Å². The number of aryl methyl sites for hydroxylation is 1. The van der Waals surface area contributed by atoms with Crippen LogP contribution in [0, 0.1) is 6.92 Å². The second-order valence-electron chi connectivity index (χ2n) is 3.95. The van der Waals surface area contributed by atoms with Gasteiger partial charge in [0.05, 0.1) is 10.7 Å². The quantitative estimate of drug-likeness (QED) is 0.843. The van der Waals surface area contributed by atoms with Crippen molar-refractivity contribution in [1.29, 1.82) is 0 Å². The highest BCUT2D eigenvalue weighted by molar-refractivity contribution is 7.99. The summed E-state index contributed by atoms with van der Waals surface area (Å²) in [5.74, 6) is 0.931. The molecule has 1 atom stereocenters. The van der Waals surface area contributed by atoms with Crippen LogP contribution >= 0.6 is 23.1 Å². The Bertz CT molecular complexity index is 453. The van der Waals surface area contributed by atoms with Crippen molar-refractivity contribution in [3.8, 4) is 0 Å². The van der Waals surface area contributed by atoms with Crippen LogP contribution in [0.25, 0.3) is 0 Å². The van der Waals surface area contributed by atoms with Crippen LogP contribution in [0.3, 0.4) is 0 Å². The Morgan fingerprint density at radius 3 is 2.76 bits per heavy atom. The van der Waals surface area contributed by atoms with E-state index in [9.17, 15) is 0 Å². The number of rotatable bonds is 5. The largest absolute Gasteiger partial charge is 0.327 e. The van der Waals surface area contributed by atoms with Crippen LogP contribution in [-0.4, -0.2) is 16.8 Å². The lowest BCUT2D eigenvalue weighted by Gasteiger charge is -2.09. The summed E-state index contributed by atoms with van der Waals surface area (Å²) >= 11 is 3.49. The minimum atomic E-state index is 0.168. The molecule has 90 valence electrons. The fraction of sp³-hybridized carbons (Fsp3) is 0.308. The molecule has 0 amide bonds. The molecule has 4 heteroatoms. The van der Waals surface area contributed by atoms with E-state index in [2.05, 4.69) is 34.6 Å². The Kier molecular flexibility index (Phi) is 4.59. The van der Waals surface area contributed by atoms with Gasteiger partial charge in [0.1, 0.15) is 0 Å². The van der Waals surface area contributed by atoms with Crippen LogP contribution < -0.4 is 5.73 Å². The lowest BCUT2D eigenvalue weighted by molar-refractivity contribution is 0.734. The van der Waals surface area contributed by atoms with E-state index in [-0.39, 0.29) is 6.04 Å². The van der Waals surface area contributed by atoms with E-state index in [0.717, 1.165) is 22.9 Å². The van der Waals surface area contributed by atoms with Gasteiger partial charge in [0.2, 0.25) is 0 Å². The summed E-state index contributed by atoms with van der Waals surface area (Å²) in [5, 5.41) is 3.21. The van der Waals surface area contributed by atoms with Gasteiger partial charge in [-0.25, -0.2) is 4.98 Å². The fourth-order valence-electron chi connectivity index (χ4n) is 1.55. The van der Waals surface area contributed by atoms with Gasteiger partial charge in [0, 0.05) is 28.5 Å². The molecule has 0 aliphatic heterocycles. The van der Waals surface area contributed by atoms with Crippen molar-refractivity contribution < 1.29 is 0 Å². The molecule has 2 rings (SSSR count). The average Bonchev–Trinajstić information content (AvgIpc) is 2.73. The molecule has 0 radical (unpaired) electrons. The Morgan fingerprint density at radius 1 is 1.35 bits per heavy atom. The highest BCUT2D eigenvalue weighted by Crippen LogP contribution is 2.18. The summed E-state index contributed by atoms with van der Waals surface area (Å²) in [6, 6.07) is 10.5. The van der Waals surface area contributed by atoms with Crippen LogP contribution in [0.2, 0.25) is 0 Å². The van der Waals surface area contributed by atoms with Crippen molar-refractivity contribution in [3.63, 3.8) is 0 Å². The van der Waals surface area contributed by atoms with Gasteiger partial charge in [-0.2, -0.15) is 0 Å². The summed E-state index contributed by atoms with van der Waals surface area (Å²) in [7, 11) is 0. The molecule has 2 aromatic rings. The summed E-state index contributed by atoms with van der Waals surface area (Å²) in [5.41, 5.74) is 7.23. The maximum absolute atomic E-state index is 6.11. The Morgan fingerprint density at radius 2 is 2.12 bits per heavy atom. The molecule has 0 fully saturated rings. The summed E-state index contributed by atoms with van der Waals surface area (Å²) in [6.45, 7) is 2.03. The van der Waals surface area contributed by atoms with Crippen LogP contribution in [-0.2, 0) is 6.42 Å². The fourth-order valence-corrected chi connectivity index (χ4v) is 3.05. The first-order chi connectivity index (χ1) is 8.24. The first kappa shape index (κ1) is 12.6. The monoisotopic (exact) mass is 264 g/mol. The van der Waals surface area contributed by atoms with E-state index in [4.69, 9.17) is 5.73 Å². The van der Waals surface area contributed by atoms with Gasteiger partial charge in [-0.3, -0.25) is 0 Å². The number of thiazole rings is 1. The van der Waals surface area contributed by atoms with Crippen LogP contribution in [0.5, 0.6) is 0 Å². The molecule has 17 heavy (non-hydrogen) atoms. The highest BCUT2D eigenvalue weighted by Gasteiger charge is 2.07. The first-order valence-electron chi connectivity index (χ1n) is 5.58. The zero-order valence-electron chi connectivity index (χ0n) is 9.80. The molecule has 0 spiro atoms. The molecule has 1 aromatic heterocycles. The molecule has 1 aromatic carbocycles. The predicted octanol–water partition coefficient (Wildman–Crippen LogP) is 3.11. The third-order valence-electron chi connectivity index (χ3n) is 2.35. The van der Waals surface area contributed by atoms with Crippen molar-refractivity contribution in [2.24, 2.45) is 5.73 Å². The molecule has 1 heterocycles. The van der Waals surface area contributed by atoms with Gasteiger partial charge < -0.3 is 5.73 Å².